The minimum absolute atomic E-state index is 0.0463. The molecule has 0 radical (unpaired) electrons. The second-order valence-corrected chi connectivity index (χ2v) is 10.2. The normalized spacial score (nSPS) is 11.5. The number of amides is 1. The van der Waals surface area contributed by atoms with Crippen LogP contribution in [-0.2, 0) is 14.8 Å². The van der Waals surface area contributed by atoms with Gasteiger partial charge in [0.1, 0.15) is 5.76 Å². The van der Waals surface area contributed by atoms with Crippen molar-refractivity contribution in [3.63, 3.8) is 0 Å². The Bertz CT molecular complexity index is 1260. The number of anilines is 2. The molecule has 4 rings (SSSR count). The lowest BCUT2D eigenvalue weighted by Crippen LogP contribution is -2.15. The summed E-state index contributed by atoms with van der Waals surface area (Å²) in [5.41, 5.74) is 1.41. The maximum atomic E-state index is 12.4. The van der Waals surface area contributed by atoms with Crippen molar-refractivity contribution < 1.29 is 17.7 Å². The Morgan fingerprint density at radius 3 is 2.63 bits per heavy atom. The number of benzene rings is 2. The first-order valence-electron chi connectivity index (χ1n) is 8.73. The highest BCUT2D eigenvalue weighted by atomic mass is 32.2. The minimum Gasteiger partial charge on any atom is -0.360 e. The minimum atomic E-state index is -3.80. The van der Waals surface area contributed by atoms with Crippen LogP contribution < -0.4 is 10.0 Å². The number of carbonyl (C=O) groups is 1. The van der Waals surface area contributed by atoms with Crippen molar-refractivity contribution in [2.75, 3.05) is 15.8 Å². The van der Waals surface area contributed by atoms with Crippen LogP contribution in [0.25, 0.3) is 10.2 Å². The van der Waals surface area contributed by atoms with Gasteiger partial charge in [-0.05, 0) is 43.3 Å². The average molecular weight is 461 g/mol. The van der Waals surface area contributed by atoms with Crippen LogP contribution in [0.2, 0.25) is 0 Å². The number of para-hydroxylation sites is 1. The summed E-state index contributed by atoms with van der Waals surface area (Å²) in [6.07, 6.45) is 0. The smallest absolute Gasteiger partial charge is 0.263 e. The molecule has 0 aliphatic carbocycles. The molecule has 154 valence electrons. The van der Waals surface area contributed by atoms with Crippen molar-refractivity contribution in [1.29, 1.82) is 0 Å². The molecule has 0 aliphatic rings. The molecule has 1 amide bonds. The summed E-state index contributed by atoms with van der Waals surface area (Å²) in [5, 5.41) is 6.37. The van der Waals surface area contributed by atoms with Gasteiger partial charge >= 0.3 is 0 Å². The molecule has 11 heteroatoms. The van der Waals surface area contributed by atoms with E-state index in [1.54, 1.807) is 6.92 Å². The second-order valence-electron chi connectivity index (χ2n) is 6.24. The van der Waals surface area contributed by atoms with Gasteiger partial charge in [-0.15, -0.1) is 11.3 Å². The number of thiazole rings is 1. The molecule has 0 saturated heterocycles. The largest absolute Gasteiger partial charge is 0.360 e. The van der Waals surface area contributed by atoms with Gasteiger partial charge in [0.2, 0.25) is 5.91 Å². The average Bonchev–Trinajstić information content (AvgIpc) is 3.32. The van der Waals surface area contributed by atoms with Gasteiger partial charge in [0.25, 0.3) is 10.0 Å². The van der Waals surface area contributed by atoms with Crippen LogP contribution in [0, 0.1) is 6.92 Å². The van der Waals surface area contributed by atoms with Crippen molar-refractivity contribution in [3.05, 3.63) is 60.4 Å². The fourth-order valence-corrected chi connectivity index (χ4v) is 5.42. The fraction of sp³-hybridized carbons (Fsp3) is 0.105. The Morgan fingerprint density at radius 2 is 1.93 bits per heavy atom. The van der Waals surface area contributed by atoms with Gasteiger partial charge in [-0.3, -0.25) is 9.52 Å². The number of fused-ring (bicyclic) bond motifs is 1. The van der Waals surface area contributed by atoms with Crippen LogP contribution in [0.1, 0.15) is 5.76 Å². The highest BCUT2D eigenvalue weighted by Crippen LogP contribution is 2.29. The van der Waals surface area contributed by atoms with E-state index in [1.165, 1.54) is 53.4 Å². The lowest BCUT2D eigenvalue weighted by Gasteiger charge is -2.07. The molecular formula is C19H16N4O4S3. The van der Waals surface area contributed by atoms with E-state index in [-0.39, 0.29) is 22.4 Å². The molecule has 2 aromatic heterocycles. The number of thioether (sulfide) groups is 1. The van der Waals surface area contributed by atoms with Crippen molar-refractivity contribution in [3.8, 4) is 0 Å². The first-order valence-corrected chi connectivity index (χ1v) is 12.0. The van der Waals surface area contributed by atoms with Crippen LogP contribution in [0.5, 0.6) is 0 Å². The maximum Gasteiger partial charge on any atom is 0.263 e. The quantitative estimate of drug-likeness (QED) is 0.399. The van der Waals surface area contributed by atoms with Crippen LogP contribution in [-0.4, -0.2) is 30.2 Å². The lowest BCUT2D eigenvalue weighted by molar-refractivity contribution is -0.113. The van der Waals surface area contributed by atoms with Crippen molar-refractivity contribution >= 4 is 60.8 Å². The Kier molecular flexibility index (Phi) is 5.75. The molecule has 8 nitrogen and oxygen atoms in total. The van der Waals surface area contributed by atoms with Crippen LogP contribution in [0.4, 0.5) is 11.5 Å². The monoisotopic (exact) mass is 460 g/mol. The van der Waals surface area contributed by atoms with E-state index in [1.807, 2.05) is 24.3 Å². The second kappa shape index (κ2) is 8.46. The maximum absolute atomic E-state index is 12.4. The first-order chi connectivity index (χ1) is 14.4. The Balaban J connectivity index is 1.35. The van der Waals surface area contributed by atoms with E-state index in [0.717, 1.165) is 14.6 Å². The number of nitrogens with zero attached hydrogens (tertiary/aromatic N) is 2. The van der Waals surface area contributed by atoms with Crippen molar-refractivity contribution in [1.82, 2.24) is 10.1 Å². The number of carbonyl (C=O) groups excluding carboxylic acids is 1. The number of hydrogen-bond donors (Lipinski definition) is 2. The summed E-state index contributed by atoms with van der Waals surface area (Å²) >= 11 is 2.90. The molecule has 2 N–H and O–H groups in total. The molecule has 0 spiro atoms. The van der Waals surface area contributed by atoms with E-state index >= 15 is 0 Å². The number of hydrogen-bond acceptors (Lipinski definition) is 8. The number of sulfonamides is 1. The van der Waals surface area contributed by atoms with Crippen LogP contribution in [0.3, 0.4) is 0 Å². The highest BCUT2D eigenvalue weighted by Gasteiger charge is 2.16. The number of aromatic nitrogens is 2. The van der Waals surface area contributed by atoms with Gasteiger partial charge < -0.3 is 9.84 Å². The van der Waals surface area contributed by atoms with E-state index in [4.69, 9.17) is 4.52 Å². The third kappa shape index (κ3) is 4.81. The van der Waals surface area contributed by atoms with Gasteiger partial charge in [0, 0.05) is 11.8 Å². The van der Waals surface area contributed by atoms with Gasteiger partial charge in [0.15, 0.2) is 10.2 Å². The molecule has 0 fully saturated rings. The summed E-state index contributed by atoms with van der Waals surface area (Å²) in [7, 11) is -3.80. The molecule has 0 unspecified atom stereocenters. The molecule has 2 heterocycles. The third-order valence-corrected chi connectivity index (χ3v) is 7.47. The highest BCUT2D eigenvalue weighted by molar-refractivity contribution is 8.01. The van der Waals surface area contributed by atoms with Gasteiger partial charge in [-0.2, -0.15) is 0 Å². The first kappa shape index (κ1) is 20.4. The number of nitrogens with one attached hydrogen (secondary N) is 2. The Hall–Kier alpha value is -2.89. The van der Waals surface area contributed by atoms with E-state index in [9.17, 15) is 13.2 Å². The topological polar surface area (TPSA) is 114 Å². The van der Waals surface area contributed by atoms with Crippen LogP contribution >= 0.6 is 23.1 Å². The zero-order chi connectivity index (χ0) is 21.1. The summed E-state index contributed by atoms with van der Waals surface area (Å²) in [5.74, 6) is 0.602. The predicted molar refractivity (Wildman–Crippen MR) is 117 cm³/mol. The van der Waals surface area contributed by atoms with Gasteiger partial charge in [0.05, 0.1) is 20.9 Å². The predicted octanol–water partition coefficient (Wildman–Crippen LogP) is 4.12. The summed E-state index contributed by atoms with van der Waals surface area (Å²) in [6.45, 7) is 1.66. The number of rotatable bonds is 7. The fourth-order valence-electron chi connectivity index (χ4n) is 2.57. The number of aryl methyl sites for hydroxylation is 1. The molecule has 4 aromatic rings. The molecule has 0 saturated carbocycles. The van der Waals surface area contributed by atoms with Gasteiger partial charge in [-0.1, -0.05) is 29.1 Å². The molecular weight excluding hydrogens is 444 g/mol. The zero-order valence-electron chi connectivity index (χ0n) is 15.7. The zero-order valence-corrected chi connectivity index (χ0v) is 18.1. The lowest BCUT2D eigenvalue weighted by atomic mass is 10.3. The molecule has 0 bridgehead atoms. The summed E-state index contributed by atoms with van der Waals surface area (Å²) < 4.78 is 33.9. The van der Waals surface area contributed by atoms with E-state index in [0.29, 0.717) is 11.4 Å². The Morgan fingerprint density at radius 1 is 1.17 bits per heavy atom. The van der Waals surface area contributed by atoms with E-state index in [2.05, 4.69) is 20.2 Å². The SMILES string of the molecule is Cc1cc(NS(=O)(=O)c2ccc(NC(=O)CSc3nc4ccccc4s3)cc2)no1. The molecule has 0 atom stereocenters. The summed E-state index contributed by atoms with van der Waals surface area (Å²) in [4.78, 5) is 16.8. The molecule has 30 heavy (non-hydrogen) atoms. The molecule has 2 aromatic carbocycles. The van der Waals surface area contributed by atoms with Crippen molar-refractivity contribution in [2.24, 2.45) is 0 Å². The van der Waals surface area contributed by atoms with Crippen molar-refractivity contribution in [2.45, 2.75) is 16.2 Å². The van der Waals surface area contributed by atoms with Gasteiger partial charge in [-0.25, -0.2) is 13.4 Å². The standard InChI is InChI=1S/C19H16N4O4S3/c1-12-10-17(22-27-12)23-30(25,26)14-8-6-13(7-9-14)20-18(24)11-28-19-21-15-4-2-3-5-16(15)29-19/h2-10H,11H2,1H3,(H,20,24)(H,22,23). The third-order valence-electron chi connectivity index (χ3n) is 3.92. The van der Waals surface area contributed by atoms with Crippen LogP contribution in [0.15, 0.2) is 68.4 Å². The Labute approximate surface area is 180 Å². The van der Waals surface area contributed by atoms with E-state index < -0.39 is 10.0 Å². The molecule has 0 aliphatic heterocycles. The summed E-state index contributed by atoms with van der Waals surface area (Å²) in [6, 6.07) is 15.2.